The van der Waals surface area contributed by atoms with Gasteiger partial charge in [0, 0.05) is 13.2 Å². The Morgan fingerprint density at radius 3 is 2.79 bits per heavy atom. The van der Waals surface area contributed by atoms with E-state index in [0.29, 0.717) is 13.0 Å². The molecule has 0 aliphatic heterocycles. The lowest BCUT2D eigenvalue weighted by Gasteiger charge is -2.16. The van der Waals surface area contributed by atoms with Gasteiger partial charge >= 0.3 is 0 Å². The summed E-state index contributed by atoms with van der Waals surface area (Å²) in [5.41, 5.74) is 0.936. The largest absolute Gasteiger partial charge is 0.396 e. The molecule has 1 aromatic carbocycles. The van der Waals surface area contributed by atoms with Crippen molar-refractivity contribution >= 4 is 5.91 Å². The first-order valence-electron chi connectivity index (χ1n) is 6.73. The van der Waals surface area contributed by atoms with Crippen molar-refractivity contribution in [1.82, 2.24) is 5.32 Å². The molecule has 3 nitrogen and oxygen atoms in total. The fourth-order valence-electron chi connectivity index (χ4n) is 2.08. The predicted octanol–water partition coefficient (Wildman–Crippen LogP) is 2.66. The fourth-order valence-corrected chi connectivity index (χ4v) is 2.08. The fraction of sp³-hybridized carbons (Fsp3) is 0.533. The molecule has 0 saturated heterocycles. The maximum Gasteiger partial charge on any atom is 0.254 e. The molecule has 0 fully saturated rings. The van der Waals surface area contributed by atoms with Crippen molar-refractivity contribution in [2.45, 2.75) is 33.1 Å². The molecule has 0 spiro atoms. The molecule has 0 heterocycles. The molecule has 0 aliphatic rings. The number of halogens is 1. The lowest BCUT2D eigenvalue weighted by Crippen LogP contribution is -2.30. The highest BCUT2D eigenvalue weighted by Gasteiger charge is 2.14. The number of aliphatic hydroxyl groups excluding tert-OH is 1. The molecule has 0 bridgehead atoms. The maximum absolute atomic E-state index is 13.5. The summed E-state index contributed by atoms with van der Waals surface area (Å²) in [6, 6.07) is 4.49. The Morgan fingerprint density at radius 1 is 1.42 bits per heavy atom. The van der Waals surface area contributed by atoms with Gasteiger partial charge in [0.2, 0.25) is 0 Å². The highest BCUT2D eigenvalue weighted by Crippen LogP contribution is 2.12. The van der Waals surface area contributed by atoms with E-state index < -0.39 is 5.82 Å². The Morgan fingerprint density at radius 2 is 2.16 bits per heavy atom. The van der Waals surface area contributed by atoms with Gasteiger partial charge in [-0.3, -0.25) is 4.79 Å². The minimum atomic E-state index is -0.503. The van der Waals surface area contributed by atoms with Crippen LogP contribution in [0.3, 0.4) is 0 Å². The number of benzene rings is 1. The normalized spacial score (nSPS) is 12.2. The van der Waals surface area contributed by atoms with Crippen molar-refractivity contribution in [3.05, 3.63) is 35.1 Å². The van der Waals surface area contributed by atoms with Crippen molar-refractivity contribution < 1.29 is 14.3 Å². The van der Waals surface area contributed by atoms with E-state index in [1.807, 2.05) is 6.92 Å². The summed E-state index contributed by atoms with van der Waals surface area (Å²) in [4.78, 5) is 11.9. The van der Waals surface area contributed by atoms with Crippen LogP contribution in [0.5, 0.6) is 0 Å². The van der Waals surface area contributed by atoms with E-state index in [0.717, 1.165) is 18.4 Å². The quantitative estimate of drug-likeness (QED) is 0.798. The number of hydrogen-bond acceptors (Lipinski definition) is 2. The molecular weight excluding hydrogens is 245 g/mol. The molecule has 19 heavy (non-hydrogen) atoms. The number of carbonyl (C=O) groups is 1. The van der Waals surface area contributed by atoms with Crippen molar-refractivity contribution in [3.63, 3.8) is 0 Å². The lowest BCUT2D eigenvalue weighted by atomic mass is 10.00. The third-order valence-corrected chi connectivity index (χ3v) is 3.15. The van der Waals surface area contributed by atoms with Crippen LogP contribution >= 0.6 is 0 Å². The highest BCUT2D eigenvalue weighted by molar-refractivity contribution is 5.94. The van der Waals surface area contributed by atoms with Crippen molar-refractivity contribution in [2.24, 2.45) is 5.92 Å². The monoisotopic (exact) mass is 267 g/mol. The molecule has 1 atom stereocenters. The topological polar surface area (TPSA) is 49.3 Å². The molecule has 4 heteroatoms. The van der Waals surface area contributed by atoms with Crippen LogP contribution in [0.2, 0.25) is 0 Å². The van der Waals surface area contributed by atoms with E-state index in [4.69, 9.17) is 5.11 Å². The molecule has 0 saturated carbocycles. The van der Waals surface area contributed by atoms with Gasteiger partial charge in [0.15, 0.2) is 0 Å². The zero-order chi connectivity index (χ0) is 14.3. The van der Waals surface area contributed by atoms with Gasteiger partial charge in [-0.2, -0.15) is 0 Å². The smallest absolute Gasteiger partial charge is 0.254 e. The second-order valence-electron chi connectivity index (χ2n) is 4.86. The second-order valence-corrected chi connectivity index (χ2v) is 4.86. The predicted molar refractivity (Wildman–Crippen MR) is 73.6 cm³/mol. The van der Waals surface area contributed by atoms with Crippen LogP contribution in [-0.2, 0) is 0 Å². The summed E-state index contributed by atoms with van der Waals surface area (Å²) in [6.45, 7) is 4.47. The average molecular weight is 267 g/mol. The second kappa shape index (κ2) is 7.89. The number of carbonyl (C=O) groups excluding carboxylic acids is 1. The summed E-state index contributed by atoms with van der Waals surface area (Å²) < 4.78 is 13.5. The summed E-state index contributed by atoms with van der Waals surface area (Å²) in [5.74, 6) is -0.649. The standard InChI is InChI=1S/C15H22FNO2/c1-3-4-12(7-8-18)10-17-15(19)13-9-11(2)5-6-14(13)16/h5-6,9,12,18H,3-4,7-8,10H2,1-2H3,(H,17,19). The lowest BCUT2D eigenvalue weighted by molar-refractivity contribution is 0.0938. The molecular formula is C15H22FNO2. The van der Waals surface area contributed by atoms with E-state index in [9.17, 15) is 9.18 Å². The molecule has 106 valence electrons. The van der Waals surface area contributed by atoms with E-state index in [1.54, 1.807) is 12.1 Å². The molecule has 1 unspecified atom stereocenters. The van der Waals surface area contributed by atoms with Gasteiger partial charge in [-0.15, -0.1) is 0 Å². The minimum absolute atomic E-state index is 0.0826. The van der Waals surface area contributed by atoms with Crippen LogP contribution in [0.25, 0.3) is 0 Å². The first-order valence-corrected chi connectivity index (χ1v) is 6.73. The molecule has 0 aliphatic carbocycles. The van der Waals surface area contributed by atoms with Gasteiger partial charge < -0.3 is 10.4 Å². The van der Waals surface area contributed by atoms with Crippen LogP contribution < -0.4 is 5.32 Å². The summed E-state index contributed by atoms with van der Waals surface area (Å²) in [7, 11) is 0. The van der Waals surface area contributed by atoms with Crippen LogP contribution in [0.15, 0.2) is 18.2 Å². The highest BCUT2D eigenvalue weighted by atomic mass is 19.1. The molecule has 0 radical (unpaired) electrons. The van der Waals surface area contributed by atoms with Gasteiger partial charge in [0.1, 0.15) is 5.82 Å². The molecule has 1 rings (SSSR count). The maximum atomic E-state index is 13.5. The Balaban J connectivity index is 2.61. The van der Waals surface area contributed by atoms with Crippen LogP contribution in [-0.4, -0.2) is 24.2 Å². The SMILES string of the molecule is CCCC(CCO)CNC(=O)c1cc(C)ccc1F. The van der Waals surface area contributed by atoms with Crippen molar-refractivity contribution in [3.8, 4) is 0 Å². The molecule has 0 aromatic heterocycles. The zero-order valence-corrected chi connectivity index (χ0v) is 11.6. The average Bonchev–Trinajstić information content (AvgIpc) is 2.39. The Bertz CT molecular complexity index is 415. The number of hydrogen-bond donors (Lipinski definition) is 2. The Labute approximate surface area is 113 Å². The molecule has 1 aromatic rings. The van der Waals surface area contributed by atoms with Gasteiger partial charge in [0.05, 0.1) is 5.56 Å². The third-order valence-electron chi connectivity index (χ3n) is 3.15. The minimum Gasteiger partial charge on any atom is -0.396 e. The summed E-state index contributed by atoms with van der Waals surface area (Å²) in [6.07, 6.45) is 2.60. The Kier molecular flexibility index (Phi) is 6.50. The van der Waals surface area contributed by atoms with Crippen LogP contribution in [0.1, 0.15) is 42.1 Å². The van der Waals surface area contributed by atoms with Crippen LogP contribution in [0.4, 0.5) is 4.39 Å². The van der Waals surface area contributed by atoms with Gasteiger partial charge in [-0.25, -0.2) is 4.39 Å². The van der Waals surface area contributed by atoms with Crippen molar-refractivity contribution in [2.75, 3.05) is 13.2 Å². The van der Waals surface area contributed by atoms with E-state index in [2.05, 4.69) is 12.2 Å². The first-order chi connectivity index (χ1) is 9.08. The van der Waals surface area contributed by atoms with Crippen LogP contribution in [0, 0.1) is 18.7 Å². The molecule has 2 N–H and O–H groups in total. The number of rotatable bonds is 7. The third kappa shape index (κ3) is 4.99. The van der Waals surface area contributed by atoms with Crippen molar-refractivity contribution in [1.29, 1.82) is 0 Å². The number of aliphatic hydroxyl groups is 1. The van der Waals surface area contributed by atoms with Gasteiger partial charge in [0.25, 0.3) is 5.91 Å². The zero-order valence-electron chi connectivity index (χ0n) is 11.6. The Hall–Kier alpha value is -1.42. The van der Waals surface area contributed by atoms with E-state index >= 15 is 0 Å². The summed E-state index contributed by atoms with van der Waals surface area (Å²) in [5, 5.41) is 11.7. The summed E-state index contributed by atoms with van der Waals surface area (Å²) >= 11 is 0. The first kappa shape index (κ1) is 15.6. The number of nitrogens with one attached hydrogen (secondary N) is 1. The molecule has 1 amide bonds. The van der Waals surface area contributed by atoms with Gasteiger partial charge in [-0.1, -0.05) is 25.0 Å². The van der Waals surface area contributed by atoms with E-state index in [-0.39, 0.29) is 24.0 Å². The number of aryl methyl sites for hydroxylation is 1. The number of amides is 1. The van der Waals surface area contributed by atoms with Gasteiger partial charge in [-0.05, 0) is 37.8 Å². The van der Waals surface area contributed by atoms with E-state index in [1.165, 1.54) is 6.07 Å².